The molecule has 0 atom stereocenters. The number of hydrogen-bond acceptors (Lipinski definition) is 3. The third kappa shape index (κ3) is 2.02. The SMILES string of the molecule is CC(=O)c1ccc2c(c1)N(N)c1ccccc1CC2. The Bertz CT molecular complexity index is 649. The van der Waals surface area contributed by atoms with Crippen molar-refractivity contribution in [3.8, 4) is 0 Å². The third-order valence-electron chi connectivity index (χ3n) is 3.67. The molecule has 0 bridgehead atoms. The molecule has 0 unspecified atom stereocenters. The molecule has 2 aromatic rings. The zero-order valence-electron chi connectivity index (χ0n) is 10.9. The van der Waals surface area contributed by atoms with E-state index in [0.717, 1.165) is 24.2 Å². The van der Waals surface area contributed by atoms with E-state index in [-0.39, 0.29) is 5.78 Å². The van der Waals surface area contributed by atoms with E-state index in [1.807, 2.05) is 36.4 Å². The lowest BCUT2D eigenvalue weighted by Gasteiger charge is -2.21. The van der Waals surface area contributed by atoms with E-state index in [1.165, 1.54) is 11.1 Å². The molecule has 19 heavy (non-hydrogen) atoms. The standard InChI is InChI=1S/C16H16N2O/c1-11(19)14-9-8-13-7-6-12-4-2-3-5-15(12)18(17)16(13)10-14/h2-5,8-10H,6-7,17H2,1H3. The lowest BCUT2D eigenvalue weighted by molar-refractivity contribution is 0.101. The van der Waals surface area contributed by atoms with Gasteiger partial charge in [-0.1, -0.05) is 30.3 Å². The Labute approximate surface area is 112 Å². The summed E-state index contributed by atoms with van der Waals surface area (Å²) in [6.45, 7) is 1.58. The van der Waals surface area contributed by atoms with Crippen LogP contribution >= 0.6 is 0 Å². The molecule has 3 heteroatoms. The van der Waals surface area contributed by atoms with Crippen LogP contribution in [0.15, 0.2) is 42.5 Å². The molecule has 2 N–H and O–H groups in total. The highest BCUT2D eigenvalue weighted by atomic mass is 16.1. The van der Waals surface area contributed by atoms with Crippen LogP contribution in [0.5, 0.6) is 0 Å². The maximum Gasteiger partial charge on any atom is 0.159 e. The molecule has 3 rings (SSSR count). The minimum absolute atomic E-state index is 0.0636. The van der Waals surface area contributed by atoms with Gasteiger partial charge >= 0.3 is 0 Å². The van der Waals surface area contributed by atoms with Gasteiger partial charge in [-0.2, -0.15) is 0 Å². The maximum absolute atomic E-state index is 11.5. The highest BCUT2D eigenvalue weighted by Crippen LogP contribution is 2.34. The van der Waals surface area contributed by atoms with Crippen molar-refractivity contribution >= 4 is 17.2 Å². The second kappa shape index (κ2) is 4.52. The number of hydrazine groups is 1. The Kier molecular flexibility index (Phi) is 2.84. The molecule has 0 radical (unpaired) electrons. The summed E-state index contributed by atoms with van der Waals surface area (Å²) in [4.78, 5) is 11.5. The first-order valence-electron chi connectivity index (χ1n) is 6.43. The number of Topliss-reactive ketones (excluding diaryl/α,β-unsaturated/α-hetero) is 1. The van der Waals surface area contributed by atoms with Crippen molar-refractivity contribution in [2.45, 2.75) is 19.8 Å². The highest BCUT2D eigenvalue weighted by Gasteiger charge is 2.18. The number of para-hydroxylation sites is 1. The number of rotatable bonds is 1. The fraction of sp³-hybridized carbons (Fsp3) is 0.188. The van der Waals surface area contributed by atoms with Gasteiger partial charge in [-0.15, -0.1) is 0 Å². The predicted octanol–water partition coefficient (Wildman–Crippen LogP) is 3.00. The molecule has 0 spiro atoms. The predicted molar refractivity (Wildman–Crippen MR) is 76.6 cm³/mol. The van der Waals surface area contributed by atoms with Crippen molar-refractivity contribution in [3.63, 3.8) is 0 Å². The van der Waals surface area contributed by atoms with Crippen molar-refractivity contribution < 1.29 is 4.79 Å². The number of nitrogens with two attached hydrogens (primary N) is 1. The van der Waals surface area contributed by atoms with Crippen molar-refractivity contribution in [1.29, 1.82) is 0 Å². The summed E-state index contributed by atoms with van der Waals surface area (Å²) in [7, 11) is 0. The van der Waals surface area contributed by atoms with Gasteiger partial charge in [-0.25, -0.2) is 5.84 Å². The van der Waals surface area contributed by atoms with Crippen LogP contribution in [-0.2, 0) is 12.8 Å². The largest absolute Gasteiger partial charge is 0.295 e. The molecule has 1 aliphatic heterocycles. The Hall–Kier alpha value is -2.13. The molecule has 3 nitrogen and oxygen atoms in total. The summed E-state index contributed by atoms with van der Waals surface area (Å²) < 4.78 is 0. The number of carbonyl (C=O) groups excluding carboxylic acids is 1. The zero-order chi connectivity index (χ0) is 13.4. The van der Waals surface area contributed by atoms with Crippen molar-refractivity contribution in [2.24, 2.45) is 5.84 Å². The Morgan fingerprint density at radius 3 is 2.47 bits per heavy atom. The second-order valence-electron chi connectivity index (χ2n) is 4.90. The zero-order valence-corrected chi connectivity index (χ0v) is 10.9. The van der Waals surface area contributed by atoms with Crippen molar-refractivity contribution in [3.05, 3.63) is 59.2 Å². The molecule has 0 saturated heterocycles. The average Bonchev–Trinajstić information content (AvgIpc) is 2.57. The van der Waals surface area contributed by atoms with Crippen molar-refractivity contribution in [1.82, 2.24) is 0 Å². The van der Waals surface area contributed by atoms with Crippen LogP contribution in [0.25, 0.3) is 0 Å². The van der Waals surface area contributed by atoms with E-state index in [0.29, 0.717) is 5.56 Å². The first-order chi connectivity index (χ1) is 9.16. The van der Waals surface area contributed by atoms with E-state index in [9.17, 15) is 4.79 Å². The van der Waals surface area contributed by atoms with Gasteiger partial charge in [0.1, 0.15) is 0 Å². The molecule has 0 aromatic heterocycles. The summed E-state index contributed by atoms with van der Waals surface area (Å²) in [5, 5.41) is 1.70. The fourth-order valence-corrected chi connectivity index (χ4v) is 2.57. The van der Waals surface area contributed by atoms with Crippen LogP contribution in [0, 0.1) is 0 Å². The molecule has 0 aliphatic carbocycles. The molecule has 0 amide bonds. The molecule has 96 valence electrons. The Morgan fingerprint density at radius 1 is 1.05 bits per heavy atom. The molecule has 0 fully saturated rings. The van der Waals surface area contributed by atoms with Crippen LogP contribution in [0.3, 0.4) is 0 Å². The fourth-order valence-electron chi connectivity index (χ4n) is 2.57. The van der Waals surface area contributed by atoms with Crippen LogP contribution in [-0.4, -0.2) is 5.78 Å². The van der Waals surface area contributed by atoms with E-state index >= 15 is 0 Å². The lowest BCUT2D eigenvalue weighted by atomic mass is 10.0. The van der Waals surface area contributed by atoms with Gasteiger partial charge in [0.2, 0.25) is 0 Å². The number of carbonyl (C=O) groups is 1. The number of anilines is 2. The smallest absolute Gasteiger partial charge is 0.159 e. The number of fused-ring (bicyclic) bond motifs is 2. The third-order valence-corrected chi connectivity index (χ3v) is 3.67. The monoisotopic (exact) mass is 252 g/mol. The normalized spacial score (nSPS) is 13.5. The molecule has 1 aliphatic rings. The number of ketones is 1. The summed E-state index contributed by atoms with van der Waals surface area (Å²) in [5.41, 5.74) is 5.07. The van der Waals surface area contributed by atoms with E-state index < -0.39 is 0 Å². The van der Waals surface area contributed by atoms with Gasteiger partial charge < -0.3 is 0 Å². The minimum atomic E-state index is 0.0636. The minimum Gasteiger partial charge on any atom is -0.295 e. The summed E-state index contributed by atoms with van der Waals surface area (Å²) in [6.07, 6.45) is 1.91. The number of nitrogens with zero attached hydrogens (tertiary/aromatic N) is 1. The summed E-state index contributed by atoms with van der Waals surface area (Å²) >= 11 is 0. The van der Waals surface area contributed by atoms with Crippen molar-refractivity contribution in [2.75, 3.05) is 5.01 Å². The molecular formula is C16H16N2O. The Morgan fingerprint density at radius 2 is 1.74 bits per heavy atom. The van der Waals surface area contributed by atoms with Gasteiger partial charge in [0.05, 0.1) is 11.4 Å². The van der Waals surface area contributed by atoms with Crippen LogP contribution in [0.4, 0.5) is 11.4 Å². The highest BCUT2D eigenvalue weighted by molar-refractivity contribution is 5.95. The van der Waals surface area contributed by atoms with Gasteiger partial charge in [-0.05, 0) is 43.0 Å². The average molecular weight is 252 g/mol. The van der Waals surface area contributed by atoms with Gasteiger partial charge in [0.25, 0.3) is 0 Å². The topological polar surface area (TPSA) is 46.3 Å². The first kappa shape index (κ1) is 11.9. The lowest BCUT2D eigenvalue weighted by Crippen LogP contribution is -2.26. The van der Waals surface area contributed by atoms with Crippen LogP contribution in [0.1, 0.15) is 28.4 Å². The van der Waals surface area contributed by atoms with Gasteiger partial charge in [0, 0.05) is 5.56 Å². The van der Waals surface area contributed by atoms with E-state index in [4.69, 9.17) is 5.84 Å². The maximum atomic E-state index is 11.5. The molecular weight excluding hydrogens is 236 g/mol. The summed E-state index contributed by atoms with van der Waals surface area (Å²) in [6, 6.07) is 13.9. The molecule has 1 heterocycles. The van der Waals surface area contributed by atoms with Gasteiger partial charge in [0.15, 0.2) is 5.78 Å². The summed E-state index contributed by atoms with van der Waals surface area (Å²) in [5.74, 6) is 6.31. The quantitative estimate of drug-likeness (QED) is 0.627. The number of aryl methyl sites for hydroxylation is 2. The Balaban J connectivity index is 2.15. The number of hydrogen-bond donors (Lipinski definition) is 1. The molecule has 0 saturated carbocycles. The van der Waals surface area contributed by atoms with E-state index in [2.05, 4.69) is 6.07 Å². The van der Waals surface area contributed by atoms with Gasteiger partial charge in [-0.3, -0.25) is 9.80 Å². The van der Waals surface area contributed by atoms with Crippen LogP contribution in [0.2, 0.25) is 0 Å². The van der Waals surface area contributed by atoms with E-state index in [1.54, 1.807) is 11.9 Å². The van der Waals surface area contributed by atoms with Crippen LogP contribution < -0.4 is 10.9 Å². The molecule has 2 aromatic carbocycles. The number of benzene rings is 2. The first-order valence-corrected chi connectivity index (χ1v) is 6.43. The second-order valence-corrected chi connectivity index (χ2v) is 4.90.